The van der Waals surface area contributed by atoms with Crippen molar-refractivity contribution >= 4 is 0 Å². The van der Waals surface area contributed by atoms with Crippen LogP contribution in [0.25, 0.3) is 0 Å². The Labute approximate surface area is 125 Å². The summed E-state index contributed by atoms with van der Waals surface area (Å²) in [6.07, 6.45) is 8.43. The molecule has 2 aliphatic carbocycles. The van der Waals surface area contributed by atoms with Gasteiger partial charge in [0.25, 0.3) is 0 Å². The Bertz CT molecular complexity index is 612. The summed E-state index contributed by atoms with van der Waals surface area (Å²) >= 11 is 0. The zero-order valence-electron chi connectivity index (χ0n) is 12.0. The van der Waals surface area contributed by atoms with Gasteiger partial charge in [0.15, 0.2) is 0 Å². The maximum atomic E-state index is 6.62. The third-order valence-corrected chi connectivity index (χ3v) is 5.92. The van der Waals surface area contributed by atoms with Gasteiger partial charge in [-0.15, -0.1) is 0 Å². The minimum absolute atomic E-state index is 0.250. The lowest BCUT2D eigenvalue weighted by Crippen LogP contribution is -2.60. The third-order valence-electron chi connectivity index (χ3n) is 5.92. The molecule has 2 nitrogen and oxygen atoms in total. The van der Waals surface area contributed by atoms with Crippen molar-refractivity contribution < 1.29 is 4.74 Å². The highest BCUT2D eigenvalue weighted by atomic mass is 16.5. The van der Waals surface area contributed by atoms with Gasteiger partial charge < -0.3 is 4.74 Å². The van der Waals surface area contributed by atoms with Crippen LogP contribution in [0.5, 0.6) is 0 Å². The van der Waals surface area contributed by atoms with Crippen LogP contribution in [0, 0.1) is 17.8 Å². The van der Waals surface area contributed by atoms with Crippen LogP contribution in [0.15, 0.2) is 54.9 Å². The second kappa shape index (κ2) is 4.17. The summed E-state index contributed by atoms with van der Waals surface area (Å²) < 4.78 is 6.62. The fourth-order valence-electron chi connectivity index (χ4n) is 5.15. The number of hydrogen-bond acceptors (Lipinski definition) is 2. The quantitative estimate of drug-likeness (QED) is 0.833. The average Bonchev–Trinajstić information content (AvgIpc) is 3.07. The van der Waals surface area contributed by atoms with E-state index in [1.54, 1.807) is 0 Å². The fraction of sp³-hybridized carbons (Fsp3) is 0.421. The molecule has 0 radical (unpaired) electrons. The number of rotatable bonds is 2. The van der Waals surface area contributed by atoms with Gasteiger partial charge in [-0.1, -0.05) is 36.4 Å². The Kier molecular flexibility index (Phi) is 2.37. The van der Waals surface area contributed by atoms with Gasteiger partial charge in [-0.25, -0.2) is 0 Å². The first kappa shape index (κ1) is 11.9. The van der Waals surface area contributed by atoms with Crippen LogP contribution >= 0.6 is 0 Å². The van der Waals surface area contributed by atoms with Crippen LogP contribution in [-0.2, 0) is 10.3 Å². The molecule has 2 aromatic rings. The molecular weight excluding hydrogens is 258 g/mol. The molecule has 0 spiro atoms. The lowest BCUT2D eigenvalue weighted by Gasteiger charge is -2.57. The van der Waals surface area contributed by atoms with E-state index in [0.29, 0.717) is 12.0 Å². The first-order valence-corrected chi connectivity index (χ1v) is 8.03. The zero-order valence-corrected chi connectivity index (χ0v) is 12.0. The molecule has 3 aliphatic rings. The van der Waals surface area contributed by atoms with E-state index in [-0.39, 0.29) is 5.60 Å². The zero-order chi connectivity index (χ0) is 13.9. The van der Waals surface area contributed by atoms with Crippen molar-refractivity contribution in [3.05, 3.63) is 66.0 Å². The normalized spacial score (nSPS) is 39.8. The maximum Gasteiger partial charge on any atom is 0.126 e. The Morgan fingerprint density at radius 2 is 1.76 bits per heavy atom. The summed E-state index contributed by atoms with van der Waals surface area (Å²) in [6, 6.07) is 15.0. The molecule has 5 rings (SSSR count). The number of hydrogen-bond donors (Lipinski definition) is 0. The highest BCUT2D eigenvalue weighted by Crippen LogP contribution is 2.66. The molecular formula is C19H19NO. The molecule has 5 unspecified atom stereocenters. The molecule has 0 amide bonds. The smallest absolute Gasteiger partial charge is 0.126 e. The van der Waals surface area contributed by atoms with Crippen molar-refractivity contribution in [3.8, 4) is 0 Å². The number of benzene rings is 1. The summed E-state index contributed by atoms with van der Waals surface area (Å²) in [5, 5.41) is 0. The summed E-state index contributed by atoms with van der Waals surface area (Å²) in [5.74, 6) is 2.27. The molecule has 2 heterocycles. The van der Waals surface area contributed by atoms with Crippen molar-refractivity contribution in [2.75, 3.05) is 0 Å². The van der Waals surface area contributed by atoms with E-state index in [1.807, 2.05) is 18.5 Å². The second-order valence-corrected chi connectivity index (χ2v) is 6.78. The van der Waals surface area contributed by atoms with Crippen LogP contribution in [0.1, 0.15) is 30.4 Å². The van der Waals surface area contributed by atoms with Crippen LogP contribution < -0.4 is 0 Å². The molecule has 106 valence electrons. The first-order valence-electron chi connectivity index (χ1n) is 8.03. The molecule has 2 heteroatoms. The van der Waals surface area contributed by atoms with E-state index in [0.717, 1.165) is 11.8 Å². The van der Waals surface area contributed by atoms with Crippen molar-refractivity contribution in [3.63, 3.8) is 0 Å². The number of aromatic nitrogens is 1. The fourth-order valence-corrected chi connectivity index (χ4v) is 5.15. The predicted molar refractivity (Wildman–Crippen MR) is 80.7 cm³/mol. The van der Waals surface area contributed by atoms with Gasteiger partial charge in [0.2, 0.25) is 0 Å². The van der Waals surface area contributed by atoms with E-state index in [2.05, 4.69) is 41.4 Å². The molecule has 21 heavy (non-hydrogen) atoms. The molecule has 1 aromatic heterocycles. The maximum absolute atomic E-state index is 6.62. The van der Waals surface area contributed by atoms with Crippen LogP contribution in [0.3, 0.4) is 0 Å². The molecule has 1 aromatic carbocycles. The van der Waals surface area contributed by atoms with Gasteiger partial charge in [0, 0.05) is 23.9 Å². The van der Waals surface area contributed by atoms with E-state index >= 15 is 0 Å². The highest BCUT2D eigenvalue weighted by Gasteiger charge is 2.67. The molecule has 3 fully saturated rings. The number of nitrogens with zero attached hydrogens (tertiary/aromatic N) is 1. The lowest BCUT2D eigenvalue weighted by molar-refractivity contribution is -0.263. The van der Waals surface area contributed by atoms with Crippen LogP contribution in [0.2, 0.25) is 0 Å². The average molecular weight is 277 g/mol. The molecule has 1 aliphatic heterocycles. The van der Waals surface area contributed by atoms with Gasteiger partial charge in [-0.2, -0.15) is 0 Å². The number of ether oxygens (including phenoxy) is 1. The second-order valence-electron chi connectivity index (χ2n) is 6.78. The van der Waals surface area contributed by atoms with Gasteiger partial charge in [-0.05, 0) is 42.7 Å². The van der Waals surface area contributed by atoms with Crippen molar-refractivity contribution in [1.29, 1.82) is 0 Å². The van der Waals surface area contributed by atoms with E-state index < -0.39 is 0 Å². The molecule has 5 atom stereocenters. The minimum atomic E-state index is -0.250. The van der Waals surface area contributed by atoms with Crippen LogP contribution in [-0.4, -0.2) is 11.1 Å². The Morgan fingerprint density at radius 3 is 2.52 bits per heavy atom. The van der Waals surface area contributed by atoms with Crippen molar-refractivity contribution in [2.45, 2.75) is 31.0 Å². The largest absolute Gasteiger partial charge is 0.361 e. The summed E-state index contributed by atoms with van der Waals surface area (Å²) in [7, 11) is 0. The highest BCUT2D eigenvalue weighted by molar-refractivity contribution is 5.41. The predicted octanol–water partition coefficient (Wildman–Crippen LogP) is 3.77. The SMILES string of the molecule is c1ccc(C2(c3cccnc3)OC3C4CCC(C4)C32)cc1. The van der Waals surface area contributed by atoms with Gasteiger partial charge >= 0.3 is 0 Å². The standard InChI is InChI=1S/C19H19NO/c1-2-5-15(6-3-1)19(16-7-4-10-20-12-16)17-13-8-9-14(11-13)18(17)21-19/h1-7,10,12-14,17-18H,8-9,11H2. The topological polar surface area (TPSA) is 22.1 Å². The summed E-state index contributed by atoms with van der Waals surface area (Å²) in [4.78, 5) is 4.35. The Hall–Kier alpha value is -1.67. The molecule has 2 saturated carbocycles. The Morgan fingerprint density at radius 1 is 0.952 bits per heavy atom. The monoisotopic (exact) mass is 277 g/mol. The lowest BCUT2D eigenvalue weighted by atomic mass is 9.63. The number of pyridine rings is 1. The van der Waals surface area contributed by atoms with Crippen molar-refractivity contribution in [2.24, 2.45) is 17.8 Å². The molecule has 2 bridgehead atoms. The van der Waals surface area contributed by atoms with Gasteiger partial charge in [0.05, 0.1) is 6.10 Å². The Balaban J connectivity index is 1.67. The molecule has 0 N–H and O–H groups in total. The van der Waals surface area contributed by atoms with E-state index in [9.17, 15) is 0 Å². The summed E-state index contributed by atoms with van der Waals surface area (Å²) in [6.45, 7) is 0. The van der Waals surface area contributed by atoms with E-state index in [4.69, 9.17) is 4.74 Å². The first-order chi connectivity index (χ1) is 10.4. The van der Waals surface area contributed by atoms with E-state index in [1.165, 1.54) is 30.4 Å². The van der Waals surface area contributed by atoms with Crippen LogP contribution in [0.4, 0.5) is 0 Å². The van der Waals surface area contributed by atoms with Crippen molar-refractivity contribution in [1.82, 2.24) is 4.98 Å². The summed E-state index contributed by atoms with van der Waals surface area (Å²) in [5.41, 5.74) is 2.27. The van der Waals surface area contributed by atoms with Gasteiger partial charge in [-0.3, -0.25) is 4.98 Å². The van der Waals surface area contributed by atoms with Gasteiger partial charge in [0.1, 0.15) is 5.60 Å². The third kappa shape index (κ3) is 1.44. The molecule has 1 saturated heterocycles. The minimum Gasteiger partial charge on any atom is -0.361 e. The number of fused-ring (bicyclic) bond motifs is 5.